The van der Waals surface area contributed by atoms with Gasteiger partial charge in [-0.15, -0.1) is 0 Å². The van der Waals surface area contributed by atoms with Crippen LogP contribution in [0.3, 0.4) is 0 Å². The lowest BCUT2D eigenvalue weighted by atomic mass is 9.81. The predicted octanol–water partition coefficient (Wildman–Crippen LogP) is 3.07. The summed E-state index contributed by atoms with van der Waals surface area (Å²) < 4.78 is 6.74. The minimum atomic E-state index is -1.41. The van der Waals surface area contributed by atoms with Gasteiger partial charge in [0, 0.05) is 29.9 Å². The number of esters is 1. The number of ether oxygens (including phenoxy) is 1. The Balaban J connectivity index is 1.69. The van der Waals surface area contributed by atoms with Crippen LogP contribution in [0.2, 0.25) is 0 Å². The van der Waals surface area contributed by atoms with Gasteiger partial charge in [0.05, 0.1) is 11.6 Å². The number of carbonyl (C=O) groups is 1. The minimum Gasteiger partial charge on any atom is -0.458 e. The van der Waals surface area contributed by atoms with Crippen molar-refractivity contribution in [3.05, 3.63) is 67.7 Å². The maximum atomic E-state index is 13.2. The average Bonchev–Trinajstić information content (AvgIpc) is 3.09. The van der Waals surface area contributed by atoms with Crippen LogP contribution in [0.1, 0.15) is 62.1 Å². The number of aromatic nitrogens is 1. The van der Waals surface area contributed by atoms with Gasteiger partial charge in [-0.05, 0) is 62.0 Å². The summed E-state index contributed by atoms with van der Waals surface area (Å²) in [7, 11) is 0. The molecule has 0 radical (unpaired) electrons. The summed E-state index contributed by atoms with van der Waals surface area (Å²) in [6.07, 6.45) is 7.94. The van der Waals surface area contributed by atoms with Crippen LogP contribution in [0.15, 0.2) is 50.3 Å². The third-order valence-corrected chi connectivity index (χ3v) is 6.80. The van der Waals surface area contributed by atoms with Crippen LogP contribution in [-0.4, -0.2) is 21.9 Å². The van der Waals surface area contributed by atoms with Crippen molar-refractivity contribution in [1.29, 1.82) is 0 Å². The lowest BCUT2D eigenvalue weighted by Gasteiger charge is -2.25. The Hall–Kier alpha value is -2.73. The first-order valence-electron chi connectivity index (χ1n) is 10.2. The highest BCUT2D eigenvalue weighted by atomic mass is 16.5. The second-order valence-corrected chi connectivity index (χ2v) is 8.35. The molecule has 5 rings (SSSR count). The van der Waals surface area contributed by atoms with E-state index in [0.29, 0.717) is 17.7 Å². The smallest absolute Gasteiger partial charge is 0.340 e. The van der Waals surface area contributed by atoms with Gasteiger partial charge in [0.1, 0.15) is 6.61 Å². The molecule has 1 aromatic rings. The fraction of sp³-hybridized carbons (Fsp3) is 0.435. The molecule has 0 saturated heterocycles. The van der Waals surface area contributed by atoms with Gasteiger partial charge in [-0.3, -0.25) is 9.79 Å². The standard InChI is InChI=1S/C23H24N2O4/c1-12-6-7-24-20-17(15-5-3-4-14(8-15)13(12)2)10-25-19(20)9-16-18(22(25)27)11-29-23(28)21(16)26/h6-9,17,20-21,26H,3-5,10-11H2,1-2H3/t17-,20?,21-/m0/s1. The Kier molecular flexibility index (Phi) is 4.21. The molecule has 1 aliphatic carbocycles. The van der Waals surface area contributed by atoms with E-state index >= 15 is 0 Å². The molecule has 0 aromatic carbocycles. The summed E-state index contributed by atoms with van der Waals surface area (Å²) in [5, 5.41) is 10.3. The van der Waals surface area contributed by atoms with Crippen LogP contribution in [-0.2, 0) is 22.7 Å². The number of allylic oxidation sites excluding steroid dienone is 5. The highest BCUT2D eigenvalue weighted by molar-refractivity contribution is 5.78. The maximum absolute atomic E-state index is 13.2. The zero-order valence-electron chi connectivity index (χ0n) is 16.6. The Bertz CT molecular complexity index is 1100. The molecule has 3 aliphatic heterocycles. The lowest BCUT2D eigenvalue weighted by Crippen LogP contribution is -2.33. The van der Waals surface area contributed by atoms with E-state index < -0.39 is 12.1 Å². The number of fused-ring (bicyclic) bond motifs is 6. The van der Waals surface area contributed by atoms with Gasteiger partial charge < -0.3 is 14.4 Å². The molecule has 1 N–H and O–H groups in total. The summed E-state index contributed by atoms with van der Waals surface area (Å²) in [4.78, 5) is 29.8. The van der Waals surface area contributed by atoms with E-state index in [4.69, 9.17) is 9.73 Å². The number of hydrogen-bond donors (Lipinski definition) is 1. The number of aliphatic imine (C=N–C) groups is 1. The molecule has 4 aliphatic rings. The molecule has 0 fully saturated rings. The largest absolute Gasteiger partial charge is 0.458 e. The normalized spacial score (nSPS) is 28.1. The van der Waals surface area contributed by atoms with E-state index in [2.05, 4.69) is 19.9 Å². The van der Waals surface area contributed by atoms with Gasteiger partial charge in [-0.1, -0.05) is 11.6 Å². The molecule has 1 aromatic heterocycles. The molecule has 29 heavy (non-hydrogen) atoms. The molecule has 4 heterocycles. The first-order chi connectivity index (χ1) is 14.0. The number of rotatable bonds is 0. The van der Waals surface area contributed by atoms with Gasteiger partial charge in [-0.2, -0.15) is 0 Å². The summed E-state index contributed by atoms with van der Waals surface area (Å²) in [6.45, 7) is 4.74. The van der Waals surface area contributed by atoms with Crippen LogP contribution < -0.4 is 5.56 Å². The van der Waals surface area contributed by atoms with Crippen molar-refractivity contribution >= 4 is 12.2 Å². The van der Waals surface area contributed by atoms with Crippen molar-refractivity contribution in [3.63, 3.8) is 0 Å². The highest BCUT2D eigenvalue weighted by Gasteiger charge is 2.39. The third kappa shape index (κ3) is 2.77. The van der Waals surface area contributed by atoms with E-state index in [1.807, 2.05) is 12.3 Å². The van der Waals surface area contributed by atoms with Gasteiger partial charge in [0.15, 0.2) is 6.10 Å². The molecular weight excluding hydrogens is 368 g/mol. The van der Waals surface area contributed by atoms with Crippen molar-refractivity contribution in [2.45, 2.75) is 58.4 Å². The van der Waals surface area contributed by atoms with Gasteiger partial charge in [-0.25, -0.2) is 4.79 Å². The molecule has 3 atom stereocenters. The molecule has 0 amide bonds. The van der Waals surface area contributed by atoms with Gasteiger partial charge in [0.25, 0.3) is 5.56 Å². The number of cyclic esters (lactones) is 1. The monoisotopic (exact) mass is 392 g/mol. The first-order valence-corrected chi connectivity index (χ1v) is 10.2. The van der Waals surface area contributed by atoms with E-state index in [1.54, 1.807) is 10.6 Å². The van der Waals surface area contributed by atoms with E-state index in [9.17, 15) is 14.7 Å². The molecule has 6 heteroatoms. The number of nitrogens with zero attached hydrogens (tertiary/aromatic N) is 2. The summed E-state index contributed by atoms with van der Waals surface area (Å²) in [5.74, 6) is -0.601. The number of carbonyl (C=O) groups excluding carboxylic acids is 1. The predicted molar refractivity (Wildman–Crippen MR) is 109 cm³/mol. The molecule has 0 saturated carbocycles. The number of aliphatic hydroxyl groups is 1. The first kappa shape index (κ1) is 18.3. The highest BCUT2D eigenvalue weighted by Crippen LogP contribution is 2.44. The minimum absolute atomic E-state index is 0.0837. The summed E-state index contributed by atoms with van der Waals surface area (Å²) in [5.41, 5.74) is 6.51. The SMILES string of the molecule is CC1=CC=NC2c3cc4c(c(=O)n3C[C@H]2C2=CC(=C1C)CCC2)COC(=O)[C@H]4O. The molecule has 2 bridgehead atoms. The van der Waals surface area contributed by atoms with Crippen LogP contribution in [0, 0.1) is 5.92 Å². The molecule has 6 nitrogen and oxygen atoms in total. The second-order valence-electron chi connectivity index (χ2n) is 8.35. The van der Waals surface area contributed by atoms with Crippen molar-refractivity contribution < 1.29 is 14.6 Å². The zero-order valence-corrected chi connectivity index (χ0v) is 16.6. The number of aliphatic hydroxyl groups excluding tert-OH is 1. The van der Waals surface area contributed by atoms with E-state index in [0.717, 1.165) is 25.0 Å². The summed E-state index contributed by atoms with van der Waals surface area (Å²) in [6, 6.07) is 1.59. The molecule has 0 spiro atoms. The van der Waals surface area contributed by atoms with Crippen LogP contribution in [0.25, 0.3) is 0 Å². The van der Waals surface area contributed by atoms with E-state index in [-0.39, 0.29) is 24.1 Å². The Morgan fingerprint density at radius 1 is 1.24 bits per heavy atom. The third-order valence-electron chi connectivity index (χ3n) is 6.80. The van der Waals surface area contributed by atoms with E-state index in [1.165, 1.54) is 22.3 Å². The zero-order chi connectivity index (χ0) is 20.3. The van der Waals surface area contributed by atoms with Crippen molar-refractivity contribution in [2.75, 3.05) is 0 Å². The number of hydrogen-bond acceptors (Lipinski definition) is 5. The summed E-state index contributed by atoms with van der Waals surface area (Å²) >= 11 is 0. The lowest BCUT2D eigenvalue weighted by molar-refractivity contribution is -0.157. The maximum Gasteiger partial charge on any atom is 0.340 e. The topological polar surface area (TPSA) is 80.9 Å². The Morgan fingerprint density at radius 2 is 2.07 bits per heavy atom. The average molecular weight is 392 g/mol. The van der Waals surface area contributed by atoms with Gasteiger partial charge >= 0.3 is 5.97 Å². The van der Waals surface area contributed by atoms with Crippen LogP contribution in [0.5, 0.6) is 0 Å². The van der Waals surface area contributed by atoms with Crippen molar-refractivity contribution in [1.82, 2.24) is 4.57 Å². The fourth-order valence-corrected chi connectivity index (χ4v) is 4.97. The Morgan fingerprint density at radius 3 is 2.90 bits per heavy atom. The van der Waals surface area contributed by atoms with Crippen LogP contribution >= 0.6 is 0 Å². The number of pyridine rings is 1. The molecule has 1 unspecified atom stereocenters. The van der Waals surface area contributed by atoms with Gasteiger partial charge in [0.2, 0.25) is 0 Å². The molecular formula is C23H24N2O4. The van der Waals surface area contributed by atoms with Crippen molar-refractivity contribution in [3.8, 4) is 0 Å². The quantitative estimate of drug-likeness (QED) is 0.688. The second kappa shape index (κ2) is 6.66. The molecule has 150 valence electrons. The van der Waals surface area contributed by atoms with Crippen molar-refractivity contribution in [2.24, 2.45) is 10.9 Å². The Labute approximate surface area is 168 Å². The van der Waals surface area contributed by atoms with Crippen LogP contribution in [0.4, 0.5) is 0 Å². The fourth-order valence-electron chi connectivity index (χ4n) is 4.97.